The van der Waals surface area contributed by atoms with E-state index in [0.717, 1.165) is 0 Å². The molecule has 25 heavy (non-hydrogen) atoms. The number of piperidine rings is 1. The first kappa shape index (κ1) is 17.4. The summed E-state index contributed by atoms with van der Waals surface area (Å²) >= 11 is 4.31. The average Bonchev–Trinajstić information content (AvgIpc) is 2.62. The Labute approximate surface area is 152 Å². The topological polar surface area (TPSA) is 69.6 Å². The van der Waals surface area contributed by atoms with Crippen molar-refractivity contribution in [3.63, 3.8) is 0 Å². The van der Waals surface area contributed by atoms with Gasteiger partial charge in [-0.25, -0.2) is 0 Å². The number of nitrogens with one attached hydrogen (secondary N) is 1. The van der Waals surface area contributed by atoms with Crippen molar-refractivity contribution in [3.05, 3.63) is 59.7 Å². The van der Waals surface area contributed by atoms with Crippen LogP contribution in [0.25, 0.3) is 0 Å². The number of benzene rings is 2. The molecular weight excluding hydrogens is 336 g/mol. The Bertz CT molecular complexity index is 786. The molecule has 1 fully saturated rings. The number of phenols is 1. The first-order valence-corrected chi connectivity index (χ1v) is 8.66. The maximum absolute atomic E-state index is 12.5. The van der Waals surface area contributed by atoms with Gasteiger partial charge in [0.25, 0.3) is 11.8 Å². The van der Waals surface area contributed by atoms with Crippen molar-refractivity contribution >= 4 is 24.4 Å². The SMILES string of the molecule is O=C(NC1CCN(C(=O)c2cccc(O)c2)CC1)c1ccccc1S. The van der Waals surface area contributed by atoms with Gasteiger partial charge in [0, 0.05) is 29.6 Å². The minimum Gasteiger partial charge on any atom is -0.508 e. The van der Waals surface area contributed by atoms with E-state index in [1.165, 1.54) is 12.1 Å². The van der Waals surface area contributed by atoms with Crippen LogP contribution >= 0.6 is 12.6 Å². The Hall–Kier alpha value is -2.47. The number of likely N-dealkylation sites (tertiary alicyclic amines) is 1. The molecule has 2 aromatic carbocycles. The Morgan fingerprint density at radius 1 is 1.08 bits per heavy atom. The first-order chi connectivity index (χ1) is 12.0. The Morgan fingerprint density at radius 2 is 1.80 bits per heavy atom. The summed E-state index contributed by atoms with van der Waals surface area (Å²) in [5.74, 6) is -0.150. The van der Waals surface area contributed by atoms with Gasteiger partial charge in [0.15, 0.2) is 0 Å². The van der Waals surface area contributed by atoms with Gasteiger partial charge in [0.05, 0.1) is 5.56 Å². The summed E-state index contributed by atoms with van der Waals surface area (Å²) in [6.45, 7) is 1.14. The fraction of sp³-hybridized carbons (Fsp3) is 0.263. The van der Waals surface area contributed by atoms with E-state index in [4.69, 9.17) is 0 Å². The summed E-state index contributed by atoms with van der Waals surface area (Å²) in [6, 6.07) is 13.6. The molecular formula is C19H20N2O3S. The number of hydrogen-bond donors (Lipinski definition) is 3. The van der Waals surface area contributed by atoms with Crippen molar-refractivity contribution in [1.82, 2.24) is 10.2 Å². The Balaban J connectivity index is 1.56. The molecule has 130 valence electrons. The van der Waals surface area contributed by atoms with E-state index < -0.39 is 0 Å². The van der Waals surface area contributed by atoms with Gasteiger partial charge < -0.3 is 15.3 Å². The monoisotopic (exact) mass is 356 g/mol. The maximum Gasteiger partial charge on any atom is 0.253 e. The second-order valence-electron chi connectivity index (χ2n) is 6.11. The van der Waals surface area contributed by atoms with Crippen LogP contribution in [0.3, 0.4) is 0 Å². The molecule has 0 radical (unpaired) electrons. The number of aromatic hydroxyl groups is 1. The van der Waals surface area contributed by atoms with E-state index in [-0.39, 0.29) is 23.6 Å². The predicted molar refractivity (Wildman–Crippen MR) is 98.2 cm³/mol. The molecule has 0 atom stereocenters. The third-order valence-corrected chi connectivity index (χ3v) is 4.75. The van der Waals surface area contributed by atoms with Crippen LogP contribution in [0.4, 0.5) is 0 Å². The zero-order valence-corrected chi connectivity index (χ0v) is 14.6. The largest absolute Gasteiger partial charge is 0.508 e. The number of carbonyl (C=O) groups is 2. The standard InChI is InChI=1S/C19H20N2O3S/c22-15-5-3-4-13(12-15)19(24)21-10-8-14(9-11-21)20-18(23)16-6-1-2-7-17(16)25/h1-7,12,14,22,25H,8-11H2,(H,20,23). The van der Waals surface area contributed by atoms with Crippen LogP contribution in [-0.2, 0) is 0 Å². The third kappa shape index (κ3) is 4.14. The normalized spacial score (nSPS) is 15.0. The van der Waals surface area contributed by atoms with E-state index in [1.54, 1.807) is 29.2 Å². The summed E-state index contributed by atoms with van der Waals surface area (Å²) in [7, 11) is 0. The molecule has 1 saturated heterocycles. The third-order valence-electron chi connectivity index (χ3n) is 4.36. The molecule has 2 N–H and O–H groups in total. The van der Waals surface area contributed by atoms with Crippen LogP contribution < -0.4 is 5.32 Å². The second-order valence-corrected chi connectivity index (χ2v) is 6.59. The minimum absolute atomic E-state index is 0.0358. The molecule has 1 aliphatic rings. The lowest BCUT2D eigenvalue weighted by atomic mass is 10.0. The lowest BCUT2D eigenvalue weighted by Gasteiger charge is -2.32. The molecule has 5 nitrogen and oxygen atoms in total. The van der Waals surface area contributed by atoms with Crippen LogP contribution in [0, 0.1) is 0 Å². The maximum atomic E-state index is 12.5. The van der Waals surface area contributed by atoms with Gasteiger partial charge in [0.2, 0.25) is 0 Å². The zero-order chi connectivity index (χ0) is 17.8. The van der Waals surface area contributed by atoms with Gasteiger partial charge in [-0.2, -0.15) is 0 Å². The summed E-state index contributed by atoms with van der Waals surface area (Å²) in [6.07, 6.45) is 1.40. The molecule has 0 aliphatic carbocycles. The molecule has 2 aromatic rings. The summed E-state index contributed by atoms with van der Waals surface area (Å²) in [4.78, 5) is 27.2. The van der Waals surface area contributed by atoms with E-state index in [9.17, 15) is 14.7 Å². The van der Waals surface area contributed by atoms with Crippen LogP contribution in [0.15, 0.2) is 53.4 Å². The number of rotatable bonds is 3. The van der Waals surface area contributed by atoms with Crippen LogP contribution in [0.1, 0.15) is 33.6 Å². The van der Waals surface area contributed by atoms with Crippen molar-refractivity contribution in [1.29, 1.82) is 0 Å². The van der Waals surface area contributed by atoms with Crippen molar-refractivity contribution < 1.29 is 14.7 Å². The van der Waals surface area contributed by atoms with Crippen LogP contribution in [0.2, 0.25) is 0 Å². The van der Waals surface area contributed by atoms with Gasteiger partial charge in [-0.3, -0.25) is 9.59 Å². The number of carbonyl (C=O) groups excluding carboxylic acids is 2. The molecule has 0 unspecified atom stereocenters. The fourth-order valence-electron chi connectivity index (χ4n) is 2.98. The summed E-state index contributed by atoms with van der Waals surface area (Å²) < 4.78 is 0. The molecule has 0 spiro atoms. The number of amides is 2. The van der Waals surface area contributed by atoms with Gasteiger partial charge in [-0.1, -0.05) is 18.2 Å². The Kier molecular flexibility index (Phi) is 5.28. The van der Waals surface area contributed by atoms with Gasteiger partial charge >= 0.3 is 0 Å². The van der Waals surface area contributed by atoms with Crippen molar-refractivity contribution in [2.45, 2.75) is 23.8 Å². The molecule has 6 heteroatoms. The zero-order valence-electron chi connectivity index (χ0n) is 13.7. The number of hydrogen-bond acceptors (Lipinski definition) is 4. The van der Waals surface area contributed by atoms with Crippen LogP contribution in [-0.4, -0.2) is 41.0 Å². The highest BCUT2D eigenvalue weighted by atomic mass is 32.1. The van der Waals surface area contributed by atoms with Crippen molar-refractivity contribution in [2.24, 2.45) is 0 Å². The van der Waals surface area contributed by atoms with E-state index in [1.807, 2.05) is 12.1 Å². The smallest absolute Gasteiger partial charge is 0.253 e. The highest BCUT2D eigenvalue weighted by Gasteiger charge is 2.25. The lowest BCUT2D eigenvalue weighted by molar-refractivity contribution is 0.0697. The quantitative estimate of drug-likeness (QED) is 0.741. The first-order valence-electron chi connectivity index (χ1n) is 8.22. The summed E-state index contributed by atoms with van der Waals surface area (Å²) in [5, 5.41) is 12.5. The minimum atomic E-state index is -0.136. The van der Waals surface area contributed by atoms with Gasteiger partial charge in [-0.05, 0) is 43.2 Å². The highest BCUT2D eigenvalue weighted by Crippen LogP contribution is 2.18. The molecule has 2 amide bonds. The molecule has 1 aliphatic heterocycles. The van der Waals surface area contributed by atoms with Crippen molar-refractivity contribution in [3.8, 4) is 5.75 Å². The Morgan fingerprint density at radius 3 is 2.48 bits per heavy atom. The van der Waals surface area contributed by atoms with Gasteiger partial charge in [-0.15, -0.1) is 12.6 Å². The number of phenolic OH excluding ortho intramolecular Hbond substituents is 1. The van der Waals surface area contributed by atoms with Gasteiger partial charge in [0.1, 0.15) is 5.75 Å². The highest BCUT2D eigenvalue weighted by molar-refractivity contribution is 7.80. The predicted octanol–water partition coefficient (Wildman–Crippen LogP) is 2.72. The average molecular weight is 356 g/mol. The molecule has 0 bridgehead atoms. The summed E-state index contributed by atoms with van der Waals surface area (Å²) in [5.41, 5.74) is 1.04. The number of nitrogens with zero attached hydrogens (tertiary/aromatic N) is 1. The molecule has 3 rings (SSSR count). The van der Waals surface area contributed by atoms with Crippen LogP contribution in [0.5, 0.6) is 5.75 Å². The number of thiol groups is 1. The second kappa shape index (κ2) is 7.61. The molecule has 0 aromatic heterocycles. The molecule has 1 heterocycles. The van der Waals surface area contributed by atoms with Crippen molar-refractivity contribution in [2.75, 3.05) is 13.1 Å². The fourth-order valence-corrected chi connectivity index (χ4v) is 3.24. The lowest BCUT2D eigenvalue weighted by Crippen LogP contribution is -2.46. The van der Waals surface area contributed by atoms with E-state index in [0.29, 0.717) is 42.0 Å². The van der Waals surface area contributed by atoms with E-state index in [2.05, 4.69) is 17.9 Å². The van der Waals surface area contributed by atoms with E-state index >= 15 is 0 Å². The molecule has 0 saturated carbocycles.